The molecule has 1 atom stereocenters. The Morgan fingerprint density at radius 1 is 1.22 bits per heavy atom. The lowest BCUT2D eigenvalue weighted by Gasteiger charge is -2.32. The third-order valence-corrected chi connectivity index (χ3v) is 5.15. The van der Waals surface area contributed by atoms with Crippen molar-refractivity contribution in [1.82, 2.24) is 19.5 Å². The molecule has 27 heavy (non-hydrogen) atoms. The molecule has 1 aliphatic rings. The van der Waals surface area contributed by atoms with E-state index in [0.29, 0.717) is 24.2 Å². The minimum atomic E-state index is -0.451. The Hall–Kier alpha value is -3.29. The molecule has 1 saturated heterocycles. The molecule has 0 aliphatic carbocycles. The number of aromatic nitrogens is 3. The van der Waals surface area contributed by atoms with Gasteiger partial charge in [-0.05, 0) is 38.0 Å². The molecule has 1 amide bonds. The number of hydrogen-bond acceptors (Lipinski definition) is 5. The van der Waals surface area contributed by atoms with Gasteiger partial charge in [-0.2, -0.15) is 0 Å². The minimum absolute atomic E-state index is 0.0298. The number of rotatable bonds is 3. The SMILES string of the molecule is Cc1c(C(=O)N2CCCC(c3nnc4ccccn34)C2)cccc1[N+](=O)[O-]. The zero-order chi connectivity index (χ0) is 19.0. The molecule has 1 aromatic carbocycles. The van der Waals surface area contributed by atoms with Crippen LogP contribution in [0.3, 0.4) is 0 Å². The highest BCUT2D eigenvalue weighted by Crippen LogP contribution is 2.29. The third kappa shape index (κ3) is 3.03. The molecule has 4 rings (SSSR count). The molecule has 3 heterocycles. The van der Waals surface area contributed by atoms with Gasteiger partial charge in [-0.3, -0.25) is 19.3 Å². The first-order valence-electron chi connectivity index (χ1n) is 8.89. The summed E-state index contributed by atoms with van der Waals surface area (Å²) in [6, 6.07) is 10.4. The summed E-state index contributed by atoms with van der Waals surface area (Å²) in [5.41, 5.74) is 1.54. The molecule has 0 bridgehead atoms. The first-order chi connectivity index (χ1) is 13.1. The molecule has 8 heteroatoms. The number of nitro groups is 1. The zero-order valence-corrected chi connectivity index (χ0v) is 14.9. The fourth-order valence-electron chi connectivity index (χ4n) is 3.73. The van der Waals surface area contributed by atoms with E-state index in [1.54, 1.807) is 24.0 Å². The van der Waals surface area contributed by atoms with Crippen LogP contribution in [0.2, 0.25) is 0 Å². The Morgan fingerprint density at radius 2 is 2.07 bits per heavy atom. The van der Waals surface area contributed by atoms with Crippen LogP contribution in [-0.2, 0) is 0 Å². The van der Waals surface area contributed by atoms with Gasteiger partial charge in [-0.15, -0.1) is 10.2 Å². The molecule has 0 radical (unpaired) electrons. The van der Waals surface area contributed by atoms with Crippen molar-refractivity contribution in [3.8, 4) is 0 Å². The molecule has 3 aromatic rings. The first-order valence-corrected chi connectivity index (χ1v) is 8.89. The van der Waals surface area contributed by atoms with Crippen molar-refractivity contribution in [2.24, 2.45) is 0 Å². The molecule has 2 aromatic heterocycles. The minimum Gasteiger partial charge on any atom is -0.338 e. The van der Waals surface area contributed by atoms with Gasteiger partial charge in [0.15, 0.2) is 5.65 Å². The van der Waals surface area contributed by atoms with E-state index < -0.39 is 4.92 Å². The molecule has 0 saturated carbocycles. The Morgan fingerprint density at radius 3 is 2.89 bits per heavy atom. The van der Waals surface area contributed by atoms with Gasteiger partial charge in [0.25, 0.3) is 11.6 Å². The van der Waals surface area contributed by atoms with Crippen LogP contribution in [0, 0.1) is 17.0 Å². The lowest BCUT2D eigenvalue weighted by atomic mass is 9.96. The lowest BCUT2D eigenvalue weighted by Crippen LogP contribution is -2.39. The first kappa shape index (κ1) is 17.1. The zero-order valence-electron chi connectivity index (χ0n) is 14.9. The van der Waals surface area contributed by atoms with Crippen molar-refractivity contribution >= 4 is 17.2 Å². The van der Waals surface area contributed by atoms with E-state index in [1.165, 1.54) is 6.07 Å². The Kier molecular flexibility index (Phi) is 4.31. The quantitative estimate of drug-likeness (QED) is 0.525. The highest BCUT2D eigenvalue weighted by molar-refractivity contribution is 5.96. The summed E-state index contributed by atoms with van der Waals surface area (Å²) in [5.74, 6) is 0.757. The van der Waals surface area contributed by atoms with Crippen LogP contribution in [-0.4, -0.2) is 43.4 Å². The number of likely N-dealkylation sites (tertiary alicyclic amines) is 1. The number of fused-ring (bicyclic) bond motifs is 1. The highest BCUT2D eigenvalue weighted by atomic mass is 16.6. The number of carbonyl (C=O) groups is 1. The van der Waals surface area contributed by atoms with Gasteiger partial charge in [0.1, 0.15) is 5.82 Å². The summed E-state index contributed by atoms with van der Waals surface area (Å²) < 4.78 is 1.96. The monoisotopic (exact) mass is 365 g/mol. The van der Waals surface area contributed by atoms with Crippen LogP contribution in [0.5, 0.6) is 0 Å². The van der Waals surface area contributed by atoms with E-state index >= 15 is 0 Å². The fourth-order valence-corrected chi connectivity index (χ4v) is 3.73. The molecule has 1 aliphatic heterocycles. The van der Waals surface area contributed by atoms with Crippen LogP contribution in [0.4, 0.5) is 5.69 Å². The van der Waals surface area contributed by atoms with Gasteiger partial charge in [-0.25, -0.2) is 0 Å². The Bertz CT molecular complexity index is 1030. The number of nitro benzene ring substituents is 1. The number of carbonyl (C=O) groups excluding carboxylic acids is 1. The third-order valence-electron chi connectivity index (χ3n) is 5.15. The molecule has 138 valence electrons. The molecule has 0 spiro atoms. The Labute approximate surface area is 155 Å². The molecule has 1 unspecified atom stereocenters. The number of nitrogens with zero attached hydrogens (tertiary/aromatic N) is 5. The number of hydrogen-bond donors (Lipinski definition) is 0. The van der Waals surface area contributed by atoms with Crippen molar-refractivity contribution < 1.29 is 9.72 Å². The second-order valence-corrected chi connectivity index (χ2v) is 6.78. The predicted molar refractivity (Wildman–Crippen MR) is 98.7 cm³/mol. The van der Waals surface area contributed by atoms with Crippen molar-refractivity contribution in [3.05, 3.63) is 69.7 Å². The number of amides is 1. The van der Waals surface area contributed by atoms with E-state index in [0.717, 1.165) is 24.3 Å². The van der Waals surface area contributed by atoms with E-state index in [-0.39, 0.29) is 17.5 Å². The average molecular weight is 365 g/mol. The van der Waals surface area contributed by atoms with Crippen LogP contribution in [0.25, 0.3) is 5.65 Å². The fraction of sp³-hybridized carbons (Fsp3) is 0.316. The van der Waals surface area contributed by atoms with Crippen molar-refractivity contribution in [1.29, 1.82) is 0 Å². The molecule has 8 nitrogen and oxygen atoms in total. The number of piperidine rings is 1. The van der Waals surface area contributed by atoms with Gasteiger partial charge in [-0.1, -0.05) is 12.1 Å². The van der Waals surface area contributed by atoms with E-state index in [2.05, 4.69) is 10.2 Å². The maximum Gasteiger partial charge on any atom is 0.273 e. The largest absolute Gasteiger partial charge is 0.338 e. The topological polar surface area (TPSA) is 93.6 Å². The van der Waals surface area contributed by atoms with Crippen molar-refractivity contribution in [2.75, 3.05) is 13.1 Å². The Balaban J connectivity index is 1.61. The highest BCUT2D eigenvalue weighted by Gasteiger charge is 2.30. The summed E-state index contributed by atoms with van der Waals surface area (Å²) in [4.78, 5) is 25.5. The summed E-state index contributed by atoms with van der Waals surface area (Å²) in [5, 5.41) is 19.7. The standard InChI is InChI=1S/C19H19N5O3/c1-13-15(7-4-8-16(13)24(26)27)19(25)22-10-5-6-14(12-22)18-21-20-17-9-2-3-11-23(17)18/h2-4,7-9,11,14H,5-6,10,12H2,1H3. The summed E-state index contributed by atoms with van der Waals surface area (Å²) in [6.45, 7) is 2.78. The van der Waals surface area contributed by atoms with Crippen molar-refractivity contribution in [3.63, 3.8) is 0 Å². The van der Waals surface area contributed by atoms with Gasteiger partial charge in [0.05, 0.1) is 4.92 Å². The summed E-state index contributed by atoms with van der Waals surface area (Å²) in [6.07, 6.45) is 3.70. The lowest BCUT2D eigenvalue weighted by molar-refractivity contribution is -0.385. The van der Waals surface area contributed by atoms with Gasteiger partial charge >= 0.3 is 0 Å². The average Bonchev–Trinajstić information content (AvgIpc) is 3.12. The van der Waals surface area contributed by atoms with Crippen LogP contribution in [0.1, 0.15) is 40.5 Å². The molecular formula is C19H19N5O3. The number of benzene rings is 1. The predicted octanol–water partition coefficient (Wildman–Crippen LogP) is 2.97. The molecular weight excluding hydrogens is 346 g/mol. The molecule has 1 fully saturated rings. The van der Waals surface area contributed by atoms with E-state index in [1.807, 2.05) is 28.8 Å². The maximum absolute atomic E-state index is 13.0. The smallest absolute Gasteiger partial charge is 0.273 e. The van der Waals surface area contributed by atoms with Crippen molar-refractivity contribution in [2.45, 2.75) is 25.7 Å². The van der Waals surface area contributed by atoms with Gasteiger partial charge in [0, 0.05) is 42.4 Å². The summed E-state index contributed by atoms with van der Waals surface area (Å²) >= 11 is 0. The van der Waals surface area contributed by atoms with E-state index in [4.69, 9.17) is 0 Å². The molecule has 0 N–H and O–H groups in total. The normalized spacial score (nSPS) is 17.2. The summed E-state index contributed by atoms with van der Waals surface area (Å²) in [7, 11) is 0. The van der Waals surface area contributed by atoms with Gasteiger partial charge < -0.3 is 4.90 Å². The van der Waals surface area contributed by atoms with Gasteiger partial charge in [0.2, 0.25) is 0 Å². The van der Waals surface area contributed by atoms with Crippen LogP contribution < -0.4 is 0 Å². The second-order valence-electron chi connectivity index (χ2n) is 6.78. The maximum atomic E-state index is 13.0. The van der Waals surface area contributed by atoms with E-state index in [9.17, 15) is 14.9 Å². The second kappa shape index (κ2) is 6.79. The van der Waals surface area contributed by atoms with Crippen LogP contribution in [0.15, 0.2) is 42.6 Å². The van der Waals surface area contributed by atoms with Crippen LogP contribution >= 0.6 is 0 Å². The number of pyridine rings is 1.